The van der Waals surface area contributed by atoms with Crippen LogP contribution in [0.5, 0.6) is 5.75 Å². The molecule has 1 nitrogen and oxygen atoms in total. The molecule has 0 N–H and O–H groups in total. The van der Waals surface area contributed by atoms with Gasteiger partial charge in [-0.05, 0) is 50.3 Å². The molecular weight excluding hydrogens is 184 g/mol. The number of ether oxygens (including phenoxy) is 1. The number of hydrogen-bond acceptors (Lipinski definition) is 1. The number of allylic oxidation sites excluding steroid dienone is 1. The van der Waals surface area contributed by atoms with E-state index in [9.17, 15) is 0 Å². The lowest BCUT2D eigenvalue weighted by Gasteiger charge is -2.06. The second kappa shape index (κ2) is 7.10. The lowest BCUT2D eigenvalue weighted by molar-refractivity contribution is 0.305. The summed E-state index contributed by atoms with van der Waals surface area (Å²) < 4.78 is 5.64. The smallest absolute Gasteiger partial charge is 0.119 e. The van der Waals surface area contributed by atoms with Gasteiger partial charge in [-0.25, -0.2) is 0 Å². The van der Waals surface area contributed by atoms with Crippen LogP contribution in [0.2, 0.25) is 0 Å². The number of benzene rings is 1. The molecule has 1 heteroatoms. The number of aryl methyl sites for hydroxylation is 1. The third kappa shape index (κ3) is 5.26. The SMILES string of the molecule is C=CCCCCCOc1cccc(C)c1. The van der Waals surface area contributed by atoms with Crippen LogP contribution in [-0.2, 0) is 0 Å². The Hall–Kier alpha value is -1.24. The van der Waals surface area contributed by atoms with Crippen LogP contribution in [0.4, 0.5) is 0 Å². The van der Waals surface area contributed by atoms with Crippen LogP contribution in [0.15, 0.2) is 36.9 Å². The van der Waals surface area contributed by atoms with Gasteiger partial charge in [0.25, 0.3) is 0 Å². The van der Waals surface area contributed by atoms with Gasteiger partial charge in [0.2, 0.25) is 0 Å². The molecule has 82 valence electrons. The second-order valence-electron chi connectivity index (χ2n) is 3.80. The Morgan fingerprint density at radius 3 is 2.87 bits per heavy atom. The molecular formula is C14H20O. The molecule has 0 saturated carbocycles. The molecule has 1 aromatic rings. The van der Waals surface area contributed by atoms with Crippen LogP contribution in [0.1, 0.15) is 31.2 Å². The quantitative estimate of drug-likeness (QED) is 0.479. The van der Waals surface area contributed by atoms with Gasteiger partial charge in [-0.3, -0.25) is 0 Å². The van der Waals surface area contributed by atoms with E-state index >= 15 is 0 Å². The minimum Gasteiger partial charge on any atom is -0.494 e. The Morgan fingerprint density at radius 2 is 2.13 bits per heavy atom. The Balaban J connectivity index is 2.12. The summed E-state index contributed by atoms with van der Waals surface area (Å²) in [5.41, 5.74) is 1.25. The van der Waals surface area contributed by atoms with Gasteiger partial charge in [0.15, 0.2) is 0 Å². The number of unbranched alkanes of at least 4 members (excludes halogenated alkanes) is 3. The molecule has 0 unspecified atom stereocenters. The van der Waals surface area contributed by atoms with Crippen molar-refractivity contribution in [2.45, 2.75) is 32.6 Å². The molecule has 0 radical (unpaired) electrons. The van der Waals surface area contributed by atoms with E-state index in [-0.39, 0.29) is 0 Å². The standard InChI is InChI=1S/C14H20O/c1-3-4-5-6-7-11-15-14-10-8-9-13(2)12-14/h3,8-10,12H,1,4-7,11H2,2H3. The van der Waals surface area contributed by atoms with Crippen molar-refractivity contribution < 1.29 is 4.74 Å². The van der Waals surface area contributed by atoms with Gasteiger partial charge in [0, 0.05) is 0 Å². The minimum atomic E-state index is 0.820. The maximum absolute atomic E-state index is 5.64. The summed E-state index contributed by atoms with van der Waals surface area (Å²) in [6.45, 7) is 6.60. The zero-order chi connectivity index (χ0) is 10.9. The third-order valence-corrected chi connectivity index (χ3v) is 2.31. The van der Waals surface area contributed by atoms with Crippen LogP contribution >= 0.6 is 0 Å². The summed E-state index contributed by atoms with van der Waals surface area (Å²) in [6.07, 6.45) is 6.66. The predicted octanol–water partition coefficient (Wildman–Crippen LogP) is 4.12. The van der Waals surface area contributed by atoms with Crippen molar-refractivity contribution in [1.82, 2.24) is 0 Å². The largest absolute Gasteiger partial charge is 0.494 e. The Labute approximate surface area is 92.8 Å². The molecule has 0 aliphatic carbocycles. The molecule has 0 heterocycles. The molecule has 0 saturated heterocycles. The molecule has 1 rings (SSSR count). The lowest BCUT2D eigenvalue weighted by atomic mass is 10.2. The average Bonchev–Trinajstić information content (AvgIpc) is 2.23. The first-order valence-electron chi connectivity index (χ1n) is 5.63. The molecule has 1 aromatic carbocycles. The van der Waals surface area contributed by atoms with Crippen molar-refractivity contribution >= 4 is 0 Å². The predicted molar refractivity (Wildman–Crippen MR) is 65.3 cm³/mol. The van der Waals surface area contributed by atoms with Gasteiger partial charge in [-0.1, -0.05) is 18.2 Å². The fourth-order valence-electron chi connectivity index (χ4n) is 1.46. The Kier molecular flexibility index (Phi) is 5.60. The zero-order valence-electron chi connectivity index (χ0n) is 9.54. The third-order valence-electron chi connectivity index (χ3n) is 2.31. The molecule has 0 amide bonds. The summed E-state index contributed by atoms with van der Waals surface area (Å²) in [5.74, 6) is 0.985. The van der Waals surface area contributed by atoms with Crippen molar-refractivity contribution in [3.63, 3.8) is 0 Å². The molecule has 0 spiro atoms. The topological polar surface area (TPSA) is 9.23 Å². The first-order chi connectivity index (χ1) is 7.33. The molecule has 0 atom stereocenters. The van der Waals surface area contributed by atoms with Crippen molar-refractivity contribution in [3.8, 4) is 5.75 Å². The van der Waals surface area contributed by atoms with E-state index in [1.807, 2.05) is 18.2 Å². The van der Waals surface area contributed by atoms with Crippen LogP contribution in [0.3, 0.4) is 0 Å². The summed E-state index contributed by atoms with van der Waals surface area (Å²) >= 11 is 0. The monoisotopic (exact) mass is 204 g/mol. The highest BCUT2D eigenvalue weighted by atomic mass is 16.5. The molecule has 15 heavy (non-hydrogen) atoms. The van der Waals surface area contributed by atoms with E-state index < -0.39 is 0 Å². The van der Waals surface area contributed by atoms with Gasteiger partial charge in [-0.15, -0.1) is 6.58 Å². The first-order valence-corrected chi connectivity index (χ1v) is 5.63. The van der Waals surface area contributed by atoms with E-state index in [1.165, 1.54) is 18.4 Å². The van der Waals surface area contributed by atoms with Gasteiger partial charge in [-0.2, -0.15) is 0 Å². The van der Waals surface area contributed by atoms with Crippen LogP contribution in [0, 0.1) is 6.92 Å². The van der Waals surface area contributed by atoms with Gasteiger partial charge in [0.1, 0.15) is 5.75 Å². The van der Waals surface area contributed by atoms with Crippen molar-refractivity contribution in [3.05, 3.63) is 42.5 Å². The molecule has 0 aromatic heterocycles. The normalized spacial score (nSPS) is 9.93. The van der Waals surface area contributed by atoms with Crippen LogP contribution in [-0.4, -0.2) is 6.61 Å². The average molecular weight is 204 g/mol. The van der Waals surface area contributed by atoms with Gasteiger partial charge < -0.3 is 4.74 Å². The molecule has 0 fully saturated rings. The second-order valence-corrected chi connectivity index (χ2v) is 3.80. The van der Waals surface area contributed by atoms with Crippen LogP contribution in [0.25, 0.3) is 0 Å². The highest BCUT2D eigenvalue weighted by Crippen LogP contribution is 2.13. The molecule has 0 aliphatic rings. The maximum atomic E-state index is 5.64. The summed E-state index contributed by atoms with van der Waals surface area (Å²) in [6, 6.07) is 8.19. The summed E-state index contributed by atoms with van der Waals surface area (Å²) in [7, 11) is 0. The van der Waals surface area contributed by atoms with Crippen molar-refractivity contribution in [2.75, 3.05) is 6.61 Å². The number of rotatable bonds is 7. The zero-order valence-corrected chi connectivity index (χ0v) is 9.54. The van der Waals surface area contributed by atoms with E-state index in [2.05, 4.69) is 25.6 Å². The van der Waals surface area contributed by atoms with E-state index in [0.717, 1.165) is 25.2 Å². The molecule has 0 bridgehead atoms. The van der Waals surface area contributed by atoms with Gasteiger partial charge >= 0.3 is 0 Å². The lowest BCUT2D eigenvalue weighted by Crippen LogP contribution is -1.97. The first kappa shape index (κ1) is 11.8. The fraction of sp³-hybridized carbons (Fsp3) is 0.429. The fourth-order valence-corrected chi connectivity index (χ4v) is 1.46. The Morgan fingerprint density at radius 1 is 1.27 bits per heavy atom. The summed E-state index contributed by atoms with van der Waals surface area (Å²) in [5, 5.41) is 0. The van der Waals surface area contributed by atoms with Crippen LogP contribution < -0.4 is 4.74 Å². The van der Waals surface area contributed by atoms with Crippen molar-refractivity contribution in [2.24, 2.45) is 0 Å². The van der Waals surface area contributed by atoms with E-state index in [1.54, 1.807) is 0 Å². The number of hydrogen-bond donors (Lipinski definition) is 0. The van der Waals surface area contributed by atoms with Gasteiger partial charge in [0.05, 0.1) is 6.61 Å². The minimum absolute atomic E-state index is 0.820. The van der Waals surface area contributed by atoms with Crippen molar-refractivity contribution in [1.29, 1.82) is 0 Å². The highest BCUT2D eigenvalue weighted by Gasteiger charge is 1.93. The maximum Gasteiger partial charge on any atom is 0.119 e. The molecule has 0 aliphatic heterocycles. The van der Waals surface area contributed by atoms with E-state index in [4.69, 9.17) is 4.74 Å². The summed E-state index contributed by atoms with van der Waals surface area (Å²) in [4.78, 5) is 0. The van der Waals surface area contributed by atoms with E-state index in [0.29, 0.717) is 0 Å². The highest BCUT2D eigenvalue weighted by molar-refractivity contribution is 5.27. The Bertz CT molecular complexity index is 291.